The van der Waals surface area contributed by atoms with Crippen LogP contribution in [-0.4, -0.2) is 45.3 Å². The van der Waals surface area contributed by atoms with Gasteiger partial charge >= 0.3 is 12.1 Å². The van der Waals surface area contributed by atoms with Gasteiger partial charge in [0, 0.05) is 18.7 Å². The maximum atomic E-state index is 13.7. The quantitative estimate of drug-likeness (QED) is 0.449. The summed E-state index contributed by atoms with van der Waals surface area (Å²) >= 11 is 5.85. The molecular formula is C24H20ClF3N6O2. The third kappa shape index (κ3) is 3.86. The largest absolute Gasteiger partial charge is 0.476 e. The van der Waals surface area contributed by atoms with Crippen LogP contribution in [0.25, 0.3) is 11.0 Å². The van der Waals surface area contributed by atoms with Crippen LogP contribution in [0.3, 0.4) is 0 Å². The zero-order chi connectivity index (χ0) is 26.0. The van der Waals surface area contributed by atoms with Crippen LogP contribution in [0, 0.1) is 29.6 Å². The molecule has 1 aromatic carbocycles. The average Bonchev–Trinajstić information content (AvgIpc) is 3.39. The smallest absolute Gasteiger partial charge is 0.396 e. The lowest BCUT2D eigenvalue weighted by molar-refractivity contribution is -0.184. The van der Waals surface area contributed by atoms with Gasteiger partial charge in [0.2, 0.25) is 0 Å². The molecule has 3 heterocycles. The number of piperidine rings is 1. The Kier molecular flexibility index (Phi) is 5.48. The van der Waals surface area contributed by atoms with Gasteiger partial charge < -0.3 is 15.3 Å². The number of pyridine rings is 1. The summed E-state index contributed by atoms with van der Waals surface area (Å²) < 4.78 is 41.0. The number of aromatic nitrogens is 3. The fourth-order valence-electron chi connectivity index (χ4n) is 5.06. The van der Waals surface area contributed by atoms with E-state index in [1.165, 1.54) is 17.0 Å². The zero-order valence-corrected chi connectivity index (χ0v) is 19.9. The Balaban J connectivity index is 1.56. The van der Waals surface area contributed by atoms with Crippen LogP contribution in [-0.2, 0) is 0 Å². The number of hydrogen-bond acceptors (Lipinski definition) is 7. The fourth-order valence-corrected chi connectivity index (χ4v) is 5.21. The first kappa shape index (κ1) is 24.1. The van der Waals surface area contributed by atoms with Crippen LogP contribution < -0.4 is 10.2 Å². The minimum Gasteiger partial charge on any atom is -0.476 e. The second-order valence-electron chi connectivity index (χ2n) is 9.37. The van der Waals surface area contributed by atoms with E-state index < -0.39 is 29.5 Å². The van der Waals surface area contributed by atoms with Crippen molar-refractivity contribution in [1.29, 1.82) is 5.26 Å². The molecular weight excluding hydrogens is 497 g/mol. The van der Waals surface area contributed by atoms with E-state index in [1.807, 2.05) is 19.1 Å². The first-order valence-electron chi connectivity index (χ1n) is 11.1. The zero-order valence-electron chi connectivity index (χ0n) is 19.2. The molecule has 1 saturated heterocycles. The molecule has 12 heteroatoms. The summed E-state index contributed by atoms with van der Waals surface area (Å²) in [5.74, 6) is -1.66. The molecule has 2 aromatic heterocycles. The van der Waals surface area contributed by atoms with Crippen molar-refractivity contribution in [3.8, 4) is 6.07 Å². The highest BCUT2D eigenvalue weighted by Gasteiger charge is 2.74. The lowest BCUT2D eigenvalue weighted by Gasteiger charge is -2.25. The number of fused-ring (bicyclic) bond motifs is 2. The maximum Gasteiger partial charge on any atom is 0.396 e. The van der Waals surface area contributed by atoms with Crippen molar-refractivity contribution in [2.24, 2.45) is 11.3 Å². The topological polar surface area (TPSA) is 115 Å². The minimum atomic E-state index is -4.32. The molecule has 2 N–H and O–H groups in total. The summed E-state index contributed by atoms with van der Waals surface area (Å²) in [7, 11) is 0. The molecule has 3 atom stereocenters. The molecule has 0 spiro atoms. The number of carboxylic acid groups (broad SMARTS) is 1. The molecule has 1 aliphatic heterocycles. The Labute approximate surface area is 208 Å². The highest BCUT2D eigenvalue weighted by atomic mass is 35.5. The SMILES string of the molecule is Cc1cc([C@@H](C)Nc2ccc(Cl)nc2C(=O)O)c2nc(N3CC4C[C@]4(C(F)(F)F)C3)c(C#N)nc2c1. The van der Waals surface area contributed by atoms with Crippen molar-refractivity contribution in [1.82, 2.24) is 15.0 Å². The predicted molar refractivity (Wildman–Crippen MR) is 126 cm³/mol. The Hall–Kier alpha value is -3.65. The maximum absolute atomic E-state index is 13.7. The van der Waals surface area contributed by atoms with Crippen molar-refractivity contribution in [2.75, 3.05) is 23.3 Å². The number of hydrogen-bond donors (Lipinski definition) is 2. The second kappa shape index (κ2) is 8.20. The van der Waals surface area contributed by atoms with Crippen LogP contribution in [0.2, 0.25) is 5.15 Å². The Morgan fingerprint density at radius 3 is 2.72 bits per heavy atom. The average molecular weight is 517 g/mol. The summed E-state index contributed by atoms with van der Waals surface area (Å²) in [4.78, 5) is 26.1. The van der Waals surface area contributed by atoms with Crippen molar-refractivity contribution in [2.45, 2.75) is 32.5 Å². The third-order valence-corrected chi connectivity index (χ3v) is 7.15. The van der Waals surface area contributed by atoms with Gasteiger partial charge in [-0.05, 0) is 49.9 Å². The molecule has 8 nitrogen and oxygen atoms in total. The fraction of sp³-hybridized carbons (Fsp3) is 0.375. The summed E-state index contributed by atoms with van der Waals surface area (Å²) in [6.07, 6.45) is -4.24. The highest BCUT2D eigenvalue weighted by molar-refractivity contribution is 6.29. The Morgan fingerprint density at radius 1 is 1.33 bits per heavy atom. The van der Waals surface area contributed by atoms with Gasteiger partial charge in [0.25, 0.3) is 0 Å². The van der Waals surface area contributed by atoms with Crippen molar-refractivity contribution in [3.05, 3.63) is 51.9 Å². The Bertz CT molecular complexity index is 1460. The van der Waals surface area contributed by atoms with E-state index in [-0.39, 0.29) is 47.6 Å². The normalized spacial score (nSPS) is 21.7. The van der Waals surface area contributed by atoms with Crippen LogP contribution in [0.4, 0.5) is 24.7 Å². The van der Waals surface area contributed by atoms with Gasteiger partial charge in [-0.3, -0.25) is 0 Å². The van der Waals surface area contributed by atoms with E-state index >= 15 is 0 Å². The monoisotopic (exact) mass is 516 g/mol. The van der Waals surface area contributed by atoms with E-state index in [4.69, 9.17) is 11.6 Å². The number of aromatic carboxylic acids is 1. The van der Waals surface area contributed by atoms with E-state index in [0.29, 0.717) is 16.6 Å². The molecule has 186 valence electrons. The summed E-state index contributed by atoms with van der Waals surface area (Å²) in [5.41, 5.74) is 0.495. The molecule has 2 fully saturated rings. The number of alkyl halides is 3. The standard InChI is InChI=1S/C24H20ClF3N6O2/c1-11-5-14(12(2)30-15-3-4-18(25)32-20(15)22(35)36)19-16(6-11)31-17(8-29)21(33-19)34-9-13-7-23(13,10-34)24(26,27)28/h3-6,12-13,30H,7,9-10H2,1-2H3,(H,35,36)/t12-,13?,23+/m1/s1. The number of anilines is 2. The predicted octanol–water partition coefficient (Wildman–Crippen LogP) is 5.12. The lowest BCUT2D eigenvalue weighted by Crippen LogP contribution is -2.34. The van der Waals surface area contributed by atoms with Gasteiger partial charge in [-0.2, -0.15) is 18.4 Å². The number of aryl methyl sites for hydroxylation is 1. The number of nitriles is 1. The van der Waals surface area contributed by atoms with E-state index in [1.54, 1.807) is 13.0 Å². The molecule has 0 amide bonds. The van der Waals surface area contributed by atoms with Crippen LogP contribution in [0.5, 0.6) is 0 Å². The van der Waals surface area contributed by atoms with E-state index in [9.17, 15) is 28.3 Å². The number of nitrogens with one attached hydrogen (secondary N) is 1. The second-order valence-corrected chi connectivity index (χ2v) is 9.75. The van der Waals surface area contributed by atoms with Gasteiger partial charge in [-0.1, -0.05) is 17.7 Å². The molecule has 0 radical (unpaired) electrons. The van der Waals surface area contributed by atoms with Crippen molar-refractivity contribution < 1.29 is 23.1 Å². The van der Waals surface area contributed by atoms with Crippen LogP contribution in [0.1, 0.15) is 46.7 Å². The number of nitrogens with zero attached hydrogens (tertiary/aromatic N) is 5. The third-order valence-electron chi connectivity index (χ3n) is 6.94. The van der Waals surface area contributed by atoms with Crippen LogP contribution >= 0.6 is 11.6 Å². The first-order valence-corrected chi connectivity index (χ1v) is 11.5. The molecule has 0 bridgehead atoms. The lowest BCUT2D eigenvalue weighted by atomic mass is 10.0. The number of benzene rings is 1. The van der Waals surface area contributed by atoms with Gasteiger partial charge in [-0.15, -0.1) is 0 Å². The molecule has 1 saturated carbocycles. The van der Waals surface area contributed by atoms with Gasteiger partial charge in [0.1, 0.15) is 11.2 Å². The van der Waals surface area contributed by atoms with Gasteiger partial charge in [-0.25, -0.2) is 19.7 Å². The summed E-state index contributed by atoms with van der Waals surface area (Å²) in [6, 6.07) is 8.04. The number of halogens is 4. The van der Waals surface area contributed by atoms with Crippen LogP contribution in [0.15, 0.2) is 24.3 Å². The number of carboxylic acids is 1. The minimum absolute atomic E-state index is 0.0337. The molecule has 1 aliphatic carbocycles. The van der Waals surface area contributed by atoms with Gasteiger partial charge in [0.15, 0.2) is 17.2 Å². The van der Waals surface area contributed by atoms with E-state index in [0.717, 1.165) is 5.56 Å². The number of rotatable bonds is 5. The first-order chi connectivity index (χ1) is 16.9. The highest BCUT2D eigenvalue weighted by Crippen LogP contribution is 2.66. The van der Waals surface area contributed by atoms with Crippen molar-refractivity contribution in [3.63, 3.8) is 0 Å². The summed E-state index contributed by atoms with van der Waals surface area (Å²) in [5, 5.41) is 22.4. The van der Waals surface area contributed by atoms with Gasteiger partial charge in [0.05, 0.1) is 28.2 Å². The molecule has 1 unspecified atom stereocenters. The Morgan fingerprint density at radius 2 is 2.08 bits per heavy atom. The summed E-state index contributed by atoms with van der Waals surface area (Å²) in [6.45, 7) is 3.52. The molecule has 5 rings (SSSR count). The van der Waals surface area contributed by atoms with Crippen molar-refractivity contribution >= 4 is 40.1 Å². The van der Waals surface area contributed by atoms with E-state index in [2.05, 4.69) is 20.3 Å². The molecule has 3 aromatic rings. The number of carbonyl (C=O) groups is 1. The molecule has 36 heavy (non-hydrogen) atoms. The molecule has 2 aliphatic rings.